The minimum absolute atomic E-state index is 0.482. The molecule has 1 N–H and O–H groups in total. The highest BCUT2D eigenvalue weighted by Crippen LogP contribution is 2.23. The van der Waals surface area contributed by atoms with E-state index in [4.69, 9.17) is 0 Å². The van der Waals surface area contributed by atoms with Crippen molar-refractivity contribution >= 4 is 10.9 Å². The molecule has 13 heavy (non-hydrogen) atoms. The van der Waals surface area contributed by atoms with Crippen molar-refractivity contribution in [2.24, 2.45) is 0 Å². The molecule has 2 heterocycles. The molecule has 0 saturated carbocycles. The number of rotatable bonds is 1. The van der Waals surface area contributed by atoms with Crippen LogP contribution in [0.1, 0.15) is 31.0 Å². The zero-order valence-corrected chi connectivity index (χ0v) is 8.13. The standard InChI is InChI=1S/C10H13N3/c1-6(2)8-4-11-7(3)9-5-12-13-10(8)9/h4-6H,1-3H3,(H,12,13). The van der Waals surface area contributed by atoms with Gasteiger partial charge in [-0.15, -0.1) is 0 Å². The predicted molar refractivity (Wildman–Crippen MR) is 52.7 cm³/mol. The van der Waals surface area contributed by atoms with Crippen LogP contribution in [0.5, 0.6) is 0 Å². The molecule has 0 saturated heterocycles. The largest absolute Gasteiger partial charge is 0.277 e. The summed E-state index contributed by atoms with van der Waals surface area (Å²) in [4.78, 5) is 4.34. The molecule has 0 bridgehead atoms. The van der Waals surface area contributed by atoms with E-state index in [0.717, 1.165) is 16.6 Å². The van der Waals surface area contributed by atoms with Crippen LogP contribution in [0.3, 0.4) is 0 Å². The van der Waals surface area contributed by atoms with Gasteiger partial charge in [-0.2, -0.15) is 5.10 Å². The normalized spacial score (nSPS) is 11.4. The summed E-state index contributed by atoms with van der Waals surface area (Å²) in [6.07, 6.45) is 3.77. The Hall–Kier alpha value is -1.38. The lowest BCUT2D eigenvalue weighted by molar-refractivity contribution is 0.862. The molecule has 2 rings (SSSR count). The van der Waals surface area contributed by atoms with E-state index in [1.54, 1.807) is 0 Å². The number of nitrogens with one attached hydrogen (secondary N) is 1. The Labute approximate surface area is 77.2 Å². The molecule has 0 aliphatic carbocycles. The lowest BCUT2D eigenvalue weighted by Crippen LogP contribution is -1.93. The number of hydrogen-bond acceptors (Lipinski definition) is 2. The van der Waals surface area contributed by atoms with Crippen molar-refractivity contribution in [1.29, 1.82) is 0 Å². The second-order valence-electron chi connectivity index (χ2n) is 3.61. The molecule has 68 valence electrons. The van der Waals surface area contributed by atoms with Gasteiger partial charge in [0.25, 0.3) is 0 Å². The Morgan fingerprint density at radius 3 is 2.77 bits per heavy atom. The van der Waals surface area contributed by atoms with Crippen LogP contribution >= 0.6 is 0 Å². The summed E-state index contributed by atoms with van der Waals surface area (Å²) >= 11 is 0. The van der Waals surface area contributed by atoms with Gasteiger partial charge in [-0.25, -0.2) is 0 Å². The van der Waals surface area contributed by atoms with Crippen molar-refractivity contribution in [2.45, 2.75) is 26.7 Å². The van der Waals surface area contributed by atoms with Crippen LogP contribution in [0.4, 0.5) is 0 Å². The Morgan fingerprint density at radius 1 is 1.31 bits per heavy atom. The number of aryl methyl sites for hydroxylation is 1. The molecule has 0 radical (unpaired) electrons. The fraction of sp³-hybridized carbons (Fsp3) is 0.400. The maximum Gasteiger partial charge on any atom is 0.0718 e. The summed E-state index contributed by atoms with van der Waals surface area (Å²) < 4.78 is 0. The van der Waals surface area contributed by atoms with Crippen molar-refractivity contribution in [3.05, 3.63) is 23.7 Å². The molecule has 0 aliphatic heterocycles. The van der Waals surface area contributed by atoms with Crippen molar-refractivity contribution in [3.8, 4) is 0 Å². The molecule has 0 spiro atoms. The first kappa shape index (κ1) is 8.23. The number of fused-ring (bicyclic) bond motifs is 1. The number of nitrogens with zero attached hydrogens (tertiary/aromatic N) is 2. The van der Waals surface area contributed by atoms with E-state index >= 15 is 0 Å². The van der Waals surface area contributed by atoms with Gasteiger partial charge in [0.1, 0.15) is 0 Å². The van der Waals surface area contributed by atoms with Crippen LogP contribution in [0.25, 0.3) is 10.9 Å². The molecule has 2 aromatic heterocycles. The van der Waals surface area contributed by atoms with Crippen LogP contribution in [-0.2, 0) is 0 Å². The fourth-order valence-corrected chi connectivity index (χ4v) is 1.52. The summed E-state index contributed by atoms with van der Waals surface area (Å²) in [5, 5.41) is 8.19. The SMILES string of the molecule is Cc1ncc(C(C)C)c2[nH]ncc12. The van der Waals surface area contributed by atoms with Crippen LogP contribution in [0.15, 0.2) is 12.4 Å². The highest BCUT2D eigenvalue weighted by molar-refractivity contribution is 5.83. The molecule has 0 atom stereocenters. The summed E-state index contributed by atoms with van der Waals surface area (Å²) in [6.45, 7) is 6.32. The summed E-state index contributed by atoms with van der Waals surface area (Å²) in [5.41, 5.74) is 3.40. The van der Waals surface area contributed by atoms with Gasteiger partial charge in [0.2, 0.25) is 0 Å². The minimum Gasteiger partial charge on any atom is -0.277 e. The van der Waals surface area contributed by atoms with Gasteiger partial charge in [0.15, 0.2) is 0 Å². The minimum atomic E-state index is 0.482. The van der Waals surface area contributed by atoms with Gasteiger partial charge in [0.05, 0.1) is 11.7 Å². The molecule has 0 unspecified atom stereocenters. The molecule has 2 aromatic rings. The fourth-order valence-electron chi connectivity index (χ4n) is 1.52. The molecule has 0 aliphatic rings. The predicted octanol–water partition coefficient (Wildman–Crippen LogP) is 2.39. The highest BCUT2D eigenvalue weighted by atomic mass is 15.1. The summed E-state index contributed by atoms with van der Waals surface area (Å²) in [5.74, 6) is 0.482. The quantitative estimate of drug-likeness (QED) is 0.723. The Morgan fingerprint density at radius 2 is 2.08 bits per heavy atom. The molecule has 3 nitrogen and oxygen atoms in total. The van der Waals surface area contributed by atoms with Gasteiger partial charge in [-0.1, -0.05) is 13.8 Å². The van der Waals surface area contributed by atoms with Crippen LogP contribution in [0, 0.1) is 6.92 Å². The summed E-state index contributed by atoms with van der Waals surface area (Å²) in [6, 6.07) is 0. The highest BCUT2D eigenvalue weighted by Gasteiger charge is 2.08. The van der Waals surface area contributed by atoms with Crippen molar-refractivity contribution < 1.29 is 0 Å². The molecule has 0 aromatic carbocycles. The first-order chi connectivity index (χ1) is 6.20. The van der Waals surface area contributed by atoms with Gasteiger partial charge < -0.3 is 0 Å². The number of hydrogen-bond donors (Lipinski definition) is 1. The third kappa shape index (κ3) is 1.20. The number of aromatic amines is 1. The lowest BCUT2D eigenvalue weighted by atomic mass is 10.0. The van der Waals surface area contributed by atoms with Gasteiger partial charge >= 0.3 is 0 Å². The topological polar surface area (TPSA) is 41.6 Å². The van der Waals surface area contributed by atoms with E-state index in [2.05, 4.69) is 29.0 Å². The lowest BCUT2D eigenvalue weighted by Gasteiger charge is -2.06. The van der Waals surface area contributed by atoms with Crippen LogP contribution in [0.2, 0.25) is 0 Å². The van der Waals surface area contributed by atoms with Crippen molar-refractivity contribution in [1.82, 2.24) is 15.2 Å². The molecular formula is C10H13N3. The third-order valence-corrected chi connectivity index (χ3v) is 2.34. The van der Waals surface area contributed by atoms with E-state index < -0.39 is 0 Å². The number of pyridine rings is 1. The molecular weight excluding hydrogens is 162 g/mol. The van der Waals surface area contributed by atoms with Gasteiger partial charge in [0, 0.05) is 17.3 Å². The smallest absolute Gasteiger partial charge is 0.0718 e. The number of H-pyrrole nitrogens is 1. The maximum absolute atomic E-state index is 4.34. The van der Waals surface area contributed by atoms with Crippen LogP contribution < -0.4 is 0 Å². The number of aromatic nitrogens is 3. The second kappa shape index (κ2) is 2.83. The Bertz CT molecular complexity index is 429. The second-order valence-corrected chi connectivity index (χ2v) is 3.61. The first-order valence-corrected chi connectivity index (χ1v) is 4.48. The average Bonchev–Trinajstić information content (AvgIpc) is 2.53. The van der Waals surface area contributed by atoms with E-state index in [-0.39, 0.29) is 0 Å². The monoisotopic (exact) mass is 175 g/mol. The molecule has 3 heteroatoms. The van der Waals surface area contributed by atoms with Crippen molar-refractivity contribution in [2.75, 3.05) is 0 Å². The Balaban J connectivity index is 2.78. The van der Waals surface area contributed by atoms with Gasteiger partial charge in [-0.05, 0) is 18.4 Å². The zero-order valence-electron chi connectivity index (χ0n) is 8.13. The van der Waals surface area contributed by atoms with E-state index in [1.807, 2.05) is 19.3 Å². The van der Waals surface area contributed by atoms with E-state index in [1.165, 1.54) is 5.56 Å². The molecule has 0 fully saturated rings. The van der Waals surface area contributed by atoms with Crippen LogP contribution in [-0.4, -0.2) is 15.2 Å². The van der Waals surface area contributed by atoms with E-state index in [9.17, 15) is 0 Å². The average molecular weight is 175 g/mol. The summed E-state index contributed by atoms with van der Waals surface area (Å²) in [7, 11) is 0. The zero-order chi connectivity index (χ0) is 9.42. The maximum atomic E-state index is 4.34. The van der Waals surface area contributed by atoms with Crippen molar-refractivity contribution in [3.63, 3.8) is 0 Å². The first-order valence-electron chi connectivity index (χ1n) is 4.48. The van der Waals surface area contributed by atoms with E-state index in [0.29, 0.717) is 5.92 Å². The molecule has 0 amide bonds. The van der Waals surface area contributed by atoms with Gasteiger partial charge in [-0.3, -0.25) is 10.1 Å². The Kier molecular flexibility index (Phi) is 1.79. The third-order valence-electron chi connectivity index (χ3n) is 2.34.